The van der Waals surface area contributed by atoms with Crippen LogP contribution in [-0.2, 0) is 0 Å². The van der Waals surface area contributed by atoms with Crippen LogP contribution in [0.3, 0.4) is 0 Å². The molecule has 1 unspecified atom stereocenters. The minimum absolute atomic E-state index is 0.0927. The SMILES string of the molecule is CN(C)C1CCCN(C(=O)c2ccc([N+](=O)[O-])cc2Cl)c2ccccc21. The molecule has 1 amide bonds. The summed E-state index contributed by atoms with van der Waals surface area (Å²) >= 11 is 6.17. The number of para-hydroxylation sites is 1. The quantitative estimate of drug-likeness (QED) is 0.594. The topological polar surface area (TPSA) is 66.7 Å². The highest BCUT2D eigenvalue weighted by molar-refractivity contribution is 6.34. The molecule has 2 aromatic rings. The van der Waals surface area contributed by atoms with Gasteiger partial charge >= 0.3 is 0 Å². The van der Waals surface area contributed by atoms with Gasteiger partial charge in [-0.05, 0) is 44.6 Å². The van der Waals surface area contributed by atoms with Crippen molar-refractivity contribution in [2.75, 3.05) is 25.5 Å². The van der Waals surface area contributed by atoms with E-state index in [1.807, 2.05) is 38.4 Å². The largest absolute Gasteiger partial charge is 0.308 e. The average molecular weight is 374 g/mol. The van der Waals surface area contributed by atoms with Crippen LogP contribution < -0.4 is 4.90 Å². The number of hydrogen-bond donors (Lipinski definition) is 0. The second-order valence-corrected chi connectivity index (χ2v) is 6.97. The fourth-order valence-corrected chi connectivity index (χ4v) is 3.67. The van der Waals surface area contributed by atoms with E-state index in [1.165, 1.54) is 18.2 Å². The van der Waals surface area contributed by atoms with Crippen molar-refractivity contribution < 1.29 is 9.72 Å². The van der Waals surface area contributed by atoms with E-state index in [0.717, 1.165) is 24.1 Å². The van der Waals surface area contributed by atoms with Crippen LogP contribution in [0.4, 0.5) is 11.4 Å². The van der Waals surface area contributed by atoms with Gasteiger partial charge in [0, 0.05) is 30.4 Å². The van der Waals surface area contributed by atoms with Gasteiger partial charge in [0.15, 0.2) is 0 Å². The lowest BCUT2D eigenvalue weighted by molar-refractivity contribution is -0.384. The Morgan fingerprint density at radius 3 is 2.65 bits per heavy atom. The van der Waals surface area contributed by atoms with Crippen molar-refractivity contribution in [2.45, 2.75) is 18.9 Å². The number of anilines is 1. The molecule has 1 atom stereocenters. The Hall–Kier alpha value is -2.44. The summed E-state index contributed by atoms with van der Waals surface area (Å²) in [6, 6.07) is 12.1. The summed E-state index contributed by atoms with van der Waals surface area (Å²) in [7, 11) is 4.07. The lowest BCUT2D eigenvalue weighted by atomic mass is 10.0. The molecule has 26 heavy (non-hydrogen) atoms. The molecule has 6 nitrogen and oxygen atoms in total. The maximum Gasteiger partial charge on any atom is 0.270 e. The summed E-state index contributed by atoms with van der Waals surface area (Å²) < 4.78 is 0. The van der Waals surface area contributed by atoms with Gasteiger partial charge in [-0.25, -0.2) is 0 Å². The van der Waals surface area contributed by atoms with Gasteiger partial charge in [-0.2, -0.15) is 0 Å². The van der Waals surface area contributed by atoms with Crippen molar-refractivity contribution in [3.63, 3.8) is 0 Å². The zero-order valence-electron chi connectivity index (χ0n) is 14.7. The van der Waals surface area contributed by atoms with E-state index in [2.05, 4.69) is 4.90 Å². The highest BCUT2D eigenvalue weighted by Gasteiger charge is 2.29. The lowest BCUT2D eigenvalue weighted by Gasteiger charge is -2.27. The van der Waals surface area contributed by atoms with Gasteiger partial charge in [0.1, 0.15) is 0 Å². The van der Waals surface area contributed by atoms with E-state index in [4.69, 9.17) is 11.6 Å². The number of rotatable bonds is 3. The molecule has 7 heteroatoms. The average Bonchev–Trinajstić information content (AvgIpc) is 2.80. The highest BCUT2D eigenvalue weighted by atomic mass is 35.5. The van der Waals surface area contributed by atoms with Gasteiger partial charge in [-0.1, -0.05) is 29.8 Å². The number of benzene rings is 2. The summed E-state index contributed by atoms with van der Waals surface area (Å²) in [4.78, 5) is 27.4. The first kappa shape index (κ1) is 18.4. The van der Waals surface area contributed by atoms with Crippen LogP contribution >= 0.6 is 11.6 Å². The van der Waals surface area contributed by atoms with E-state index in [1.54, 1.807) is 4.90 Å². The summed E-state index contributed by atoms with van der Waals surface area (Å²) in [6.45, 7) is 0.577. The van der Waals surface area contributed by atoms with Crippen molar-refractivity contribution in [2.24, 2.45) is 0 Å². The zero-order chi connectivity index (χ0) is 18.8. The van der Waals surface area contributed by atoms with Crippen LogP contribution in [0.25, 0.3) is 0 Å². The van der Waals surface area contributed by atoms with E-state index >= 15 is 0 Å². The first-order valence-electron chi connectivity index (χ1n) is 8.41. The Bertz CT molecular complexity index is 854. The third-order valence-electron chi connectivity index (χ3n) is 4.71. The number of carbonyl (C=O) groups is 1. The molecule has 0 fully saturated rings. The lowest BCUT2D eigenvalue weighted by Crippen LogP contribution is -2.32. The molecule has 2 aromatic carbocycles. The number of halogens is 1. The number of non-ortho nitro benzene ring substituents is 1. The third-order valence-corrected chi connectivity index (χ3v) is 5.02. The van der Waals surface area contributed by atoms with Crippen LogP contribution in [0.15, 0.2) is 42.5 Å². The maximum atomic E-state index is 13.2. The van der Waals surface area contributed by atoms with E-state index in [9.17, 15) is 14.9 Å². The standard InChI is InChI=1S/C19H20ClN3O3/c1-21(2)17-8-5-11-22(18-7-4-3-6-15(17)18)19(24)14-10-9-13(23(25)26)12-16(14)20/h3-4,6-7,9-10,12,17H,5,8,11H2,1-2H3. The van der Waals surface area contributed by atoms with Crippen molar-refractivity contribution in [3.8, 4) is 0 Å². The van der Waals surface area contributed by atoms with Crippen LogP contribution in [0.2, 0.25) is 5.02 Å². The number of carbonyl (C=O) groups excluding carboxylic acids is 1. The molecular weight excluding hydrogens is 354 g/mol. The Labute approximate surface area is 157 Å². The second-order valence-electron chi connectivity index (χ2n) is 6.56. The number of nitro groups is 1. The molecule has 1 heterocycles. The summed E-state index contributed by atoms with van der Waals surface area (Å²) in [5.74, 6) is -0.239. The van der Waals surface area contributed by atoms with Crippen molar-refractivity contribution >= 4 is 28.9 Å². The minimum Gasteiger partial charge on any atom is -0.308 e. The van der Waals surface area contributed by atoms with Crippen molar-refractivity contribution in [3.05, 3.63) is 68.7 Å². The first-order chi connectivity index (χ1) is 12.4. The van der Waals surface area contributed by atoms with Crippen LogP contribution in [0, 0.1) is 10.1 Å². The minimum atomic E-state index is -0.525. The summed E-state index contributed by atoms with van der Waals surface area (Å²) in [6.07, 6.45) is 1.80. The van der Waals surface area contributed by atoms with Crippen molar-refractivity contribution in [1.29, 1.82) is 0 Å². The van der Waals surface area contributed by atoms with Gasteiger partial charge in [-0.3, -0.25) is 14.9 Å². The molecule has 0 spiro atoms. The monoisotopic (exact) mass is 373 g/mol. The van der Waals surface area contributed by atoms with E-state index in [0.29, 0.717) is 6.54 Å². The van der Waals surface area contributed by atoms with Crippen molar-refractivity contribution in [1.82, 2.24) is 4.90 Å². The third kappa shape index (κ3) is 3.43. The number of fused-ring (bicyclic) bond motifs is 1. The predicted octanol–water partition coefficient (Wildman–Crippen LogP) is 4.29. The molecule has 0 N–H and O–H groups in total. The normalized spacial score (nSPS) is 16.9. The zero-order valence-corrected chi connectivity index (χ0v) is 15.4. The number of hydrogen-bond acceptors (Lipinski definition) is 4. The summed E-state index contributed by atoms with van der Waals surface area (Å²) in [5.41, 5.74) is 2.11. The molecule has 0 saturated carbocycles. The molecular formula is C19H20ClN3O3. The van der Waals surface area contributed by atoms with Crippen LogP contribution in [-0.4, -0.2) is 36.4 Å². The highest BCUT2D eigenvalue weighted by Crippen LogP contribution is 2.36. The number of nitro benzene ring substituents is 1. The molecule has 0 bridgehead atoms. The number of nitrogens with zero attached hydrogens (tertiary/aromatic N) is 3. The van der Waals surface area contributed by atoms with Gasteiger partial charge < -0.3 is 9.80 Å². The molecule has 136 valence electrons. The Morgan fingerprint density at radius 2 is 2.00 bits per heavy atom. The summed E-state index contributed by atoms with van der Waals surface area (Å²) in [5, 5.41) is 11.0. The molecule has 0 aromatic heterocycles. The Morgan fingerprint density at radius 1 is 1.27 bits per heavy atom. The molecule has 0 saturated heterocycles. The van der Waals surface area contributed by atoms with E-state index < -0.39 is 4.92 Å². The molecule has 0 radical (unpaired) electrons. The predicted molar refractivity (Wildman–Crippen MR) is 102 cm³/mol. The van der Waals surface area contributed by atoms with Gasteiger partial charge in [-0.15, -0.1) is 0 Å². The molecule has 0 aliphatic carbocycles. The first-order valence-corrected chi connectivity index (χ1v) is 8.79. The molecule has 1 aliphatic rings. The fraction of sp³-hybridized carbons (Fsp3) is 0.316. The Balaban J connectivity index is 2.01. The fourth-order valence-electron chi connectivity index (χ4n) is 3.42. The van der Waals surface area contributed by atoms with Gasteiger partial charge in [0.05, 0.1) is 15.5 Å². The van der Waals surface area contributed by atoms with Gasteiger partial charge in [0.2, 0.25) is 0 Å². The number of amides is 1. The van der Waals surface area contributed by atoms with Crippen LogP contribution in [0.1, 0.15) is 34.8 Å². The molecule has 3 rings (SSSR count). The van der Waals surface area contributed by atoms with Crippen LogP contribution in [0.5, 0.6) is 0 Å². The van der Waals surface area contributed by atoms with Gasteiger partial charge in [0.25, 0.3) is 11.6 Å². The maximum absolute atomic E-state index is 13.2. The molecule has 1 aliphatic heterocycles. The second kappa shape index (κ2) is 7.43. The Kier molecular flexibility index (Phi) is 5.25. The smallest absolute Gasteiger partial charge is 0.270 e. The van der Waals surface area contributed by atoms with E-state index in [-0.39, 0.29) is 28.2 Å².